The molecule has 0 aliphatic carbocycles. The first-order chi connectivity index (χ1) is 9.34. The van der Waals surface area contributed by atoms with Crippen LogP contribution in [0.25, 0.3) is 0 Å². The van der Waals surface area contributed by atoms with E-state index < -0.39 is 0 Å². The number of hydrogen-bond donors (Lipinski definition) is 1. The summed E-state index contributed by atoms with van der Waals surface area (Å²) >= 11 is 0. The van der Waals surface area contributed by atoms with Crippen molar-refractivity contribution in [3.05, 3.63) is 59.9 Å². The molecule has 5 heteroatoms. The van der Waals surface area contributed by atoms with Gasteiger partial charge in [0.25, 0.3) is 5.91 Å². The van der Waals surface area contributed by atoms with E-state index in [-0.39, 0.29) is 5.91 Å². The monoisotopic (exact) mass is 250 g/mol. The highest BCUT2D eigenvalue weighted by Gasteiger charge is 2.25. The number of aromatic nitrogens is 1. The van der Waals surface area contributed by atoms with Crippen LogP contribution in [0.5, 0.6) is 0 Å². The zero-order valence-electron chi connectivity index (χ0n) is 9.95. The summed E-state index contributed by atoms with van der Waals surface area (Å²) in [6.45, 7) is 0. The Labute approximate surface area is 109 Å². The van der Waals surface area contributed by atoms with Gasteiger partial charge in [0.1, 0.15) is 0 Å². The maximum Gasteiger partial charge on any atom is 0.276 e. The first-order valence-electron chi connectivity index (χ1n) is 5.76. The lowest BCUT2D eigenvalue weighted by Crippen LogP contribution is -2.13. The standard InChI is InChI=1S/C14H10N4O/c19-14-13(11-5-1-2-6-12(11)17-14)18-16-9-10-4-3-7-15-8-10/h1-9H,(H,17,18,19)/b16-9-. The minimum Gasteiger partial charge on any atom is -0.320 e. The second kappa shape index (κ2) is 4.81. The summed E-state index contributed by atoms with van der Waals surface area (Å²) in [5.41, 5.74) is 2.70. The van der Waals surface area contributed by atoms with Gasteiger partial charge in [-0.3, -0.25) is 9.78 Å². The molecule has 5 nitrogen and oxygen atoms in total. The predicted molar refractivity (Wildman–Crippen MR) is 73.4 cm³/mol. The minimum atomic E-state index is -0.232. The Morgan fingerprint density at radius 2 is 2.05 bits per heavy atom. The summed E-state index contributed by atoms with van der Waals surface area (Å²) in [7, 11) is 0. The van der Waals surface area contributed by atoms with Crippen LogP contribution in [0.2, 0.25) is 0 Å². The average molecular weight is 250 g/mol. The fraction of sp³-hybridized carbons (Fsp3) is 0. The molecule has 1 amide bonds. The summed E-state index contributed by atoms with van der Waals surface area (Å²) in [6, 6.07) is 11.1. The van der Waals surface area contributed by atoms with Crippen molar-refractivity contribution in [1.29, 1.82) is 0 Å². The summed E-state index contributed by atoms with van der Waals surface area (Å²) in [6.07, 6.45) is 4.92. The van der Waals surface area contributed by atoms with Crippen LogP contribution >= 0.6 is 0 Å². The van der Waals surface area contributed by atoms with Crippen molar-refractivity contribution in [3.8, 4) is 0 Å². The van der Waals surface area contributed by atoms with Crippen LogP contribution in [-0.2, 0) is 4.79 Å². The minimum absolute atomic E-state index is 0.232. The first kappa shape index (κ1) is 11.3. The molecule has 0 bridgehead atoms. The number of carbonyl (C=O) groups is 1. The van der Waals surface area contributed by atoms with Crippen molar-refractivity contribution < 1.29 is 4.79 Å². The van der Waals surface area contributed by atoms with Crippen molar-refractivity contribution in [1.82, 2.24) is 4.98 Å². The molecular weight excluding hydrogens is 240 g/mol. The zero-order valence-corrected chi connectivity index (χ0v) is 9.95. The van der Waals surface area contributed by atoms with Gasteiger partial charge in [0.2, 0.25) is 0 Å². The van der Waals surface area contributed by atoms with E-state index in [0.717, 1.165) is 16.8 Å². The van der Waals surface area contributed by atoms with E-state index in [0.29, 0.717) is 5.71 Å². The number of amides is 1. The van der Waals surface area contributed by atoms with Gasteiger partial charge in [-0.15, -0.1) is 5.10 Å². The molecule has 0 spiro atoms. The van der Waals surface area contributed by atoms with Crippen LogP contribution in [0.1, 0.15) is 11.1 Å². The third kappa shape index (κ3) is 2.26. The highest BCUT2D eigenvalue weighted by Crippen LogP contribution is 2.22. The highest BCUT2D eigenvalue weighted by atomic mass is 16.2. The molecule has 1 aliphatic rings. The SMILES string of the molecule is O=C1Nc2ccccc2/C1=N\N=C/c1cccnc1. The molecular formula is C14H10N4O. The Bertz CT molecular complexity index is 677. The molecule has 2 heterocycles. The van der Waals surface area contributed by atoms with Crippen molar-refractivity contribution in [2.45, 2.75) is 0 Å². The van der Waals surface area contributed by atoms with E-state index >= 15 is 0 Å². The summed E-state index contributed by atoms with van der Waals surface area (Å²) in [5.74, 6) is -0.232. The smallest absolute Gasteiger partial charge is 0.276 e. The quantitative estimate of drug-likeness (QED) is 0.653. The summed E-state index contributed by atoms with van der Waals surface area (Å²) < 4.78 is 0. The molecule has 0 fully saturated rings. The van der Waals surface area contributed by atoms with Crippen molar-refractivity contribution in [2.24, 2.45) is 10.2 Å². The third-order valence-electron chi connectivity index (χ3n) is 2.69. The van der Waals surface area contributed by atoms with Crippen LogP contribution < -0.4 is 5.32 Å². The molecule has 0 radical (unpaired) electrons. The van der Waals surface area contributed by atoms with E-state index in [1.54, 1.807) is 18.6 Å². The fourth-order valence-corrected chi connectivity index (χ4v) is 1.81. The molecule has 92 valence electrons. The van der Waals surface area contributed by atoms with Gasteiger partial charge >= 0.3 is 0 Å². The van der Waals surface area contributed by atoms with Gasteiger partial charge in [-0.1, -0.05) is 24.3 Å². The number of benzene rings is 1. The van der Waals surface area contributed by atoms with Crippen molar-refractivity contribution >= 4 is 23.5 Å². The Hall–Kier alpha value is -2.82. The number of pyridine rings is 1. The maximum atomic E-state index is 11.7. The number of carbonyl (C=O) groups excluding carboxylic acids is 1. The molecule has 0 saturated carbocycles. The number of hydrogen-bond acceptors (Lipinski definition) is 4. The number of nitrogens with zero attached hydrogens (tertiary/aromatic N) is 3. The van der Waals surface area contributed by atoms with Crippen molar-refractivity contribution in [2.75, 3.05) is 5.32 Å². The van der Waals surface area contributed by atoms with E-state index in [1.807, 2.05) is 36.4 Å². The van der Waals surface area contributed by atoms with Crippen LogP contribution in [0.15, 0.2) is 59.0 Å². The highest BCUT2D eigenvalue weighted by molar-refractivity contribution is 6.53. The van der Waals surface area contributed by atoms with E-state index in [2.05, 4.69) is 20.5 Å². The molecule has 1 aliphatic heterocycles. The number of para-hydroxylation sites is 1. The molecule has 1 aromatic carbocycles. The van der Waals surface area contributed by atoms with E-state index in [4.69, 9.17) is 0 Å². The lowest BCUT2D eigenvalue weighted by Gasteiger charge is -1.93. The predicted octanol–water partition coefficient (Wildman–Crippen LogP) is 1.86. The average Bonchev–Trinajstić information content (AvgIpc) is 2.76. The first-order valence-corrected chi connectivity index (χ1v) is 5.76. The Balaban J connectivity index is 1.89. The fourth-order valence-electron chi connectivity index (χ4n) is 1.81. The van der Waals surface area contributed by atoms with Gasteiger partial charge in [0, 0.05) is 23.5 Å². The zero-order chi connectivity index (χ0) is 13.1. The number of fused-ring (bicyclic) bond motifs is 1. The van der Waals surface area contributed by atoms with Crippen LogP contribution in [-0.4, -0.2) is 22.8 Å². The molecule has 0 unspecified atom stereocenters. The third-order valence-corrected chi connectivity index (χ3v) is 2.69. The Kier molecular flexibility index (Phi) is 2.86. The molecule has 1 aromatic heterocycles. The molecule has 0 saturated heterocycles. The molecule has 1 N–H and O–H groups in total. The van der Waals surface area contributed by atoms with Gasteiger partial charge in [0.05, 0.1) is 11.9 Å². The number of nitrogens with one attached hydrogen (secondary N) is 1. The number of rotatable bonds is 2. The van der Waals surface area contributed by atoms with Gasteiger partial charge in [-0.05, 0) is 12.1 Å². The largest absolute Gasteiger partial charge is 0.320 e. The van der Waals surface area contributed by atoms with E-state index in [1.165, 1.54) is 0 Å². The lowest BCUT2D eigenvalue weighted by atomic mass is 10.1. The Morgan fingerprint density at radius 1 is 1.16 bits per heavy atom. The maximum absolute atomic E-state index is 11.7. The number of anilines is 1. The van der Waals surface area contributed by atoms with E-state index in [9.17, 15) is 4.79 Å². The topological polar surface area (TPSA) is 66.7 Å². The second-order valence-corrected chi connectivity index (χ2v) is 3.98. The van der Waals surface area contributed by atoms with Crippen molar-refractivity contribution in [3.63, 3.8) is 0 Å². The molecule has 2 aromatic rings. The van der Waals surface area contributed by atoms with Gasteiger partial charge < -0.3 is 5.32 Å². The van der Waals surface area contributed by atoms with Gasteiger partial charge in [0.15, 0.2) is 5.71 Å². The summed E-state index contributed by atoms with van der Waals surface area (Å²) in [4.78, 5) is 15.7. The van der Waals surface area contributed by atoms with Crippen LogP contribution in [0.3, 0.4) is 0 Å². The normalized spacial score (nSPS) is 15.8. The summed E-state index contributed by atoms with van der Waals surface area (Å²) in [5, 5.41) is 10.7. The molecule has 0 atom stereocenters. The van der Waals surface area contributed by atoms with Crippen LogP contribution in [0.4, 0.5) is 5.69 Å². The van der Waals surface area contributed by atoms with Gasteiger partial charge in [-0.25, -0.2) is 0 Å². The van der Waals surface area contributed by atoms with Gasteiger partial charge in [-0.2, -0.15) is 5.10 Å². The molecule has 19 heavy (non-hydrogen) atoms. The molecule has 3 rings (SSSR count). The lowest BCUT2D eigenvalue weighted by molar-refractivity contribution is -0.110. The van der Waals surface area contributed by atoms with Crippen LogP contribution in [0, 0.1) is 0 Å². The Morgan fingerprint density at radius 3 is 2.89 bits per heavy atom. The second-order valence-electron chi connectivity index (χ2n) is 3.98.